The second kappa shape index (κ2) is 6.59. The second-order valence-corrected chi connectivity index (χ2v) is 4.62. The monoisotopic (exact) mass is 260 g/mol. The molecule has 5 heteroatoms. The van der Waals surface area contributed by atoms with Crippen LogP contribution in [0.25, 0.3) is 0 Å². The van der Waals surface area contributed by atoms with Crippen LogP contribution in [0.3, 0.4) is 0 Å². The van der Waals surface area contributed by atoms with E-state index in [9.17, 15) is 13.6 Å². The van der Waals surface area contributed by atoms with Crippen molar-refractivity contribution in [3.05, 3.63) is 29.8 Å². The van der Waals surface area contributed by atoms with Gasteiger partial charge in [-0.25, -0.2) is 8.78 Å². The summed E-state index contributed by atoms with van der Waals surface area (Å²) in [5.41, 5.74) is 0. The number of carbonyl (C=O) groups excluding carboxylic acids is 1. The summed E-state index contributed by atoms with van der Waals surface area (Å²) in [6.45, 7) is 3.88. The van der Waals surface area contributed by atoms with Crippen molar-refractivity contribution < 1.29 is 18.3 Å². The quantitative estimate of drug-likeness (QED) is 0.599. The van der Waals surface area contributed by atoms with Gasteiger partial charge in [-0.3, -0.25) is 4.79 Å². The Bertz CT molecular complexity index is 396. The Morgan fingerprint density at radius 3 is 2.59 bits per heavy atom. The average molecular weight is 260 g/mol. The molecule has 0 heterocycles. The first-order valence-electron chi connectivity index (χ1n) is 5.36. The zero-order valence-corrected chi connectivity index (χ0v) is 10.5. The summed E-state index contributed by atoms with van der Waals surface area (Å²) in [5, 5.41) is -0.389. The molecule has 1 aromatic carbocycles. The SMILES string of the molecule is CCOC(=O)C(CC)Sc1ccc(F)c(F)c1. The van der Waals surface area contributed by atoms with Crippen LogP contribution in [0.5, 0.6) is 0 Å². The number of esters is 1. The summed E-state index contributed by atoms with van der Waals surface area (Å²) in [5.74, 6) is -2.13. The van der Waals surface area contributed by atoms with E-state index in [4.69, 9.17) is 4.74 Å². The van der Waals surface area contributed by atoms with E-state index in [0.717, 1.165) is 12.1 Å². The summed E-state index contributed by atoms with van der Waals surface area (Å²) in [6, 6.07) is 3.59. The van der Waals surface area contributed by atoms with E-state index < -0.39 is 11.6 Å². The summed E-state index contributed by atoms with van der Waals surface area (Å²) in [6.07, 6.45) is 0.572. The minimum Gasteiger partial charge on any atom is -0.465 e. The zero-order chi connectivity index (χ0) is 12.8. The molecular formula is C12H14F2O2S. The van der Waals surface area contributed by atoms with Crippen LogP contribution in [0.1, 0.15) is 20.3 Å². The van der Waals surface area contributed by atoms with Crippen LogP contribution in [-0.4, -0.2) is 17.8 Å². The fourth-order valence-electron chi connectivity index (χ4n) is 1.25. The van der Waals surface area contributed by atoms with Crippen LogP contribution >= 0.6 is 11.8 Å². The Labute approximate surface area is 103 Å². The standard InChI is InChI=1S/C12H14F2O2S/c1-3-11(12(15)16-4-2)17-8-5-6-9(13)10(14)7-8/h5-7,11H,3-4H2,1-2H3. The third-order valence-corrected chi connectivity index (χ3v) is 3.43. The third kappa shape index (κ3) is 4.00. The van der Waals surface area contributed by atoms with E-state index in [2.05, 4.69) is 0 Å². The van der Waals surface area contributed by atoms with Gasteiger partial charge in [0.1, 0.15) is 5.25 Å². The number of halogens is 2. The van der Waals surface area contributed by atoms with Gasteiger partial charge < -0.3 is 4.74 Å². The number of carbonyl (C=O) groups is 1. The summed E-state index contributed by atoms with van der Waals surface area (Å²) >= 11 is 1.18. The van der Waals surface area contributed by atoms with Crippen molar-refractivity contribution in [2.24, 2.45) is 0 Å². The van der Waals surface area contributed by atoms with Gasteiger partial charge in [-0.2, -0.15) is 0 Å². The van der Waals surface area contributed by atoms with Gasteiger partial charge in [-0.1, -0.05) is 6.92 Å². The van der Waals surface area contributed by atoms with Crippen molar-refractivity contribution >= 4 is 17.7 Å². The van der Waals surface area contributed by atoms with Crippen molar-refractivity contribution in [3.63, 3.8) is 0 Å². The summed E-state index contributed by atoms with van der Waals surface area (Å²) in [4.78, 5) is 12.0. The first-order valence-corrected chi connectivity index (χ1v) is 6.24. The molecule has 0 aliphatic carbocycles. The van der Waals surface area contributed by atoms with Gasteiger partial charge >= 0.3 is 5.97 Å². The van der Waals surface area contributed by atoms with E-state index in [-0.39, 0.29) is 11.2 Å². The van der Waals surface area contributed by atoms with Crippen LogP contribution in [0.2, 0.25) is 0 Å². The minimum absolute atomic E-state index is 0.313. The summed E-state index contributed by atoms with van der Waals surface area (Å²) < 4.78 is 30.6. The van der Waals surface area contributed by atoms with Crippen LogP contribution in [0.15, 0.2) is 23.1 Å². The van der Waals surface area contributed by atoms with Gasteiger partial charge in [-0.15, -0.1) is 11.8 Å². The third-order valence-electron chi connectivity index (χ3n) is 2.09. The van der Waals surface area contributed by atoms with E-state index >= 15 is 0 Å². The zero-order valence-electron chi connectivity index (χ0n) is 9.70. The molecule has 0 spiro atoms. The molecule has 1 atom stereocenters. The largest absolute Gasteiger partial charge is 0.465 e. The smallest absolute Gasteiger partial charge is 0.319 e. The van der Waals surface area contributed by atoms with Crippen molar-refractivity contribution in [1.29, 1.82) is 0 Å². The molecule has 0 bridgehead atoms. The van der Waals surface area contributed by atoms with E-state index in [1.54, 1.807) is 6.92 Å². The number of hydrogen-bond donors (Lipinski definition) is 0. The van der Waals surface area contributed by atoms with Gasteiger partial charge in [0.15, 0.2) is 11.6 Å². The molecule has 0 fully saturated rings. The topological polar surface area (TPSA) is 26.3 Å². The van der Waals surface area contributed by atoms with Crippen molar-refractivity contribution in [2.75, 3.05) is 6.61 Å². The van der Waals surface area contributed by atoms with Gasteiger partial charge in [0.05, 0.1) is 6.61 Å². The predicted molar refractivity (Wildman–Crippen MR) is 62.9 cm³/mol. The highest BCUT2D eigenvalue weighted by molar-refractivity contribution is 8.00. The second-order valence-electron chi connectivity index (χ2n) is 3.34. The first-order chi connectivity index (χ1) is 8.08. The Morgan fingerprint density at radius 1 is 1.35 bits per heavy atom. The number of ether oxygens (including phenoxy) is 1. The number of benzene rings is 1. The maximum Gasteiger partial charge on any atom is 0.319 e. The van der Waals surface area contributed by atoms with E-state index in [1.165, 1.54) is 17.8 Å². The average Bonchev–Trinajstić information content (AvgIpc) is 2.30. The Morgan fingerprint density at radius 2 is 2.06 bits per heavy atom. The lowest BCUT2D eigenvalue weighted by atomic mass is 10.3. The summed E-state index contributed by atoms with van der Waals surface area (Å²) in [7, 11) is 0. The van der Waals surface area contributed by atoms with Crippen LogP contribution in [0, 0.1) is 11.6 Å². The molecule has 0 aliphatic rings. The molecule has 17 heavy (non-hydrogen) atoms. The lowest BCUT2D eigenvalue weighted by Gasteiger charge is -2.13. The maximum absolute atomic E-state index is 13.0. The fraction of sp³-hybridized carbons (Fsp3) is 0.417. The molecule has 0 saturated carbocycles. The van der Waals surface area contributed by atoms with Gasteiger partial charge in [0.2, 0.25) is 0 Å². The molecule has 0 radical (unpaired) electrons. The van der Waals surface area contributed by atoms with Gasteiger partial charge in [0.25, 0.3) is 0 Å². The molecule has 0 saturated heterocycles. The lowest BCUT2D eigenvalue weighted by Crippen LogP contribution is -2.19. The first kappa shape index (κ1) is 14.0. The van der Waals surface area contributed by atoms with Crippen LogP contribution in [-0.2, 0) is 9.53 Å². The Hall–Kier alpha value is -1.10. The highest BCUT2D eigenvalue weighted by Gasteiger charge is 2.19. The number of thioether (sulfide) groups is 1. The normalized spacial score (nSPS) is 12.2. The highest BCUT2D eigenvalue weighted by atomic mass is 32.2. The van der Waals surface area contributed by atoms with Crippen molar-refractivity contribution in [1.82, 2.24) is 0 Å². The number of hydrogen-bond acceptors (Lipinski definition) is 3. The van der Waals surface area contributed by atoms with Crippen molar-refractivity contribution in [2.45, 2.75) is 30.4 Å². The molecule has 1 unspecified atom stereocenters. The lowest BCUT2D eigenvalue weighted by molar-refractivity contribution is -0.142. The van der Waals surface area contributed by atoms with Gasteiger partial charge in [0, 0.05) is 4.90 Å². The Kier molecular flexibility index (Phi) is 5.41. The molecule has 94 valence electrons. The molecule has 1 aromatic rings. The molecular weight excluding hydrogens is 246 g/mol. The minimum atomic E-state index is -0.909. The maximum atomic E-state index is 13.0. The molecule has 0 N–H and O–H groups in total. The van der Waals surface area contributed by atoms with Crippen molar-refractivity contribution in [3.8, 4) is 0 Å². The predicted octanol–water partition coefficient (Wildman–Crippen LogP) is 3.40. The fourth-order valence-corrected chi connectivity index (χ4v) is 2.23. The Balaban J connectivity index is 2.73. The van der Waals surface area contributed by atoms with E-state index in [1.807, 2.05) is 6.92 Å². The van der Waals surface area contributed by atoms with Gasteiger partial charge in [-0.05, 0) is 31.5 Å². The molecule has 1 rings (SSSR count). The molecule has 0 aliphatic heterocycles. The molecule has 2 nitrogen and oxygen atoms in total. The highest BCUT2D eigenvalue weighted by Crippen LogP contribution is 2.27. The molecule has 0 aromatic heterocycles. The van der Waals surface area contributed by atoms with E-state index in [0.29, 0.717) is 17.9 Å². The number of rotatable bonds is 5. The molecule has 0 amide bonds. The van der Waals surface area contributed by atoms with Crippen LogP contribution < -0.4 is 0 Å². The van der Waals surface area contributed by atoms with Crippen LogP contribution in [0.4, 0.5) is 8.78 Å².